The number of fused-ring (bicyclic) bond motifs is 6. The summed E-state index contributed by atoms with van der Waals surface area (Å²) in [6.45, 7) is 0.909. The molecule has 1 aromatic heterocycles. The zero-order chi connectivity index (χ0) is 14.5. The molecule has 0 spiro atoms. The van der Waals surface area contributed by atoms with E-state index in [-0.39, 0.29) is 0 Å². The van der Waals surface area contributed by atoms with Gasteiger partial charge in [0.2, 0.25) is 5.52 Å². The van der Waals surface area contributed by atoms with Crippen LogP contribution in [0.3, 0.4) is 0 Å². The summed E-state index contributed by atoms with van der Waals surface area (Å²) in [4.78, 5) is 3.63. The number of benzene rings is 2. The molecule has 0 saturated carbocycles. The van der Waals surface area contributed by atoms with E-state index in [0.29, 0.717) is 0 Å². The number of hydrogen-bond acceptors (Lipinski definition) is 3. The van der Waals surface area contributed by atoms with Gasteiger partial charge in [0, 0.05) is 17.2 Å². The van der Waals surface area contributed by atoms with Gasteiger partial charge < -0.3 is 4.90 Å². The third kappa shape index (κ3) is 1.77. The standard InChI is InChI=1S/C18H13N2S2/c1-3-8-15-13(6-1)19-10-5-11-20-14-7-2-4-9-16(14)22-18(20)12-17(19)21-15/h1-10,12H,11H2/q+1/b10-5-. The number of rotatable bonds is 0. The van der Waals surface area contributed by atoms with Gasteiger partial charge in [-0.05, 0) is 24.3 Å². The highest BCUT2D eigenvalue weighted by molar-refractivity contribution is 8.04. The van der Waals surface area contributed by atoms with Crippen molar-refractivity contribution in [1.82, 2.24) is 0 Å². The lowest BCUT2D eigenvalue weighted by Gasteiger charge is -2.15. The molecule has 0 bridgehead atoms. The molecular weight excluding hydrogens is 308 g/mol. The fourth-order valence-electron chi connectivity index (χ4n) is 2.99. The summed E-state index contributed by atoms with van der Waals surface area (Å²) < 4.78 is 3.74. The highest BCUT2D eigenvalue weighted by Crippen LogP contribution is 2.47. The van der Waals surface area contributed by atoms with Gasteiger partial charge >= 0.3 is 0 Å². The lowest BCUT2D eigenvalue weighted by Crippen LogP contribution is -2.35. The maximum atomic E-state index is 2.39. The Morgan fingerprint density at radius 2 is 1.86 bits per heavy atom. The van der Waals surface area contributed by atoms with Crippen molar-refractivity contribution in [2.75, 3.05) is 4.90 Å². The largest absolute Gasteiger partial charge is 0.310 e. The monoisotopic (exact) mass is 321 g/mol. The molecule has 22 heavy (non-hydrogen) atoms. The average Bonchev–Trinajstić information content (AvgIpc) is 3.04. The second kappa shape index (κ2) is 4.73. The van der Waals surface area contributed by atoms with Gasteiger partial charge in [0.15, 0.2) is 6.54 Å². The Morgan fingerprint density at radius 3 is 2.86 bits per heavy atom. The van der Waals surface area contributed by atoms with E-state index < -0.39 is 0 Å². The maximum Gasteiger partial charge on any atom is 0.265 e. The highest BCUT2D eigenvalue weighted by Gasteiger charge is 2.27. The SMILES string of the molecule is C1=C\N2/C(=C\c3sc4ccccc4[n+]3C/1)Sc1ccccc12. The number of allylic oxidation sites excluding steroid dienone is 1. The van der Waals surface area contributed by atoms with Crippen LogP contribution in [-0.4, -0.2) is 0 Å². The predicted molar refractivity (Wildman–Crippen MR) is 93.9 cm³/mol. The second-order valence-electron chi connectivity index (χ2n) is 5.33. The minimum absolute atomic E-state index is 0.909. The molecule has 0 amide bonds. The van der Waals surface area contributed by atoms with Crippen LogP contribution >= 0.6 is 23.1 Å². The predicted octanol–water partition coefficient (Wildman–Crippen LogP) is 4.63. The molecular formula is C18H13N2S2+. The minimum atomic E-state index is 0.909. The first-order valence-electron chi connectivity index (χ1n) is 7.26. The lowest BCUT2D eigenvalue weighted by atomic mass is 10.3. The zero-order valence-corrected chi connectivity index (χ0v) is 13.4. The van der Waals surface area contributed by atoms with Crippen LogP contribution in [-0.2, 0) is 6.54 Å². The van der Waals surface area contributed by atoms with Crippen LogP contribution in [0.15, 0.2) is 70.7 Å². The zero-order valence-electron chi connectivity index (χ0n) is 11.8. The van der Waals surface area contributed by atoms with Gasteiger partial charge in [0.1, 0.15) is 4.70 Å². The third-order valence-electron chi connectivity index (χ3n) is 4.00. The molecule has 5 rings (SSSR count). The fraction of sp³-hybridized carbons (Fsp3) is 0.0556. The number of thioether (sulfide) groups is 1. The van der Waals surface area contributed by atoms with E-state index in [0.717, 1.165) is 6.54 Å². The van der Waals surface area contributed by atoms with Gasteiger partial charge in [0.05, 0.1) is 16.8 Å². The summed E-state index contributed by atoms with van der Waals surface area (Å²) in [6.07, 6.45) is 6.77. The molecule has 0 atom stereocenters. The molecule has 0 aliphatic carbocycles. The van der Waals surface area contributed by atoms with Crippen LogP contribution in [0.1, 0.15) is 5.01 Å². The molecule has 0 saturated heterocycles. The van der Waals surface area contributed by atoms with Crippen molar-refractivity contribution >= 4 is 45.1 Å². The van der Waals surface area contributed by atoms with Crippen LogP contribution in [0.2, 0.25) is 0 Å². The summed E-state index contributed by atoms with van der Waals surface area (Å²) in [5.74, 6) is 0. The maximum absolute atomic E-state index is 2.39. The van der Waals surface area contributed by atoms with E-state index in [1.807, 2.05) is 23.1 Å². The molecule has 2 aliphatic heterocycles. The van der Waals surface area contributed by atoms with E-state index in [1.54, 1.807) is 0 Å². The van der Waals surface area contributed by atoms with Crippen molar-refractivity contribution in [3.05, 3.63) is 70.8 Å². The topological polar surface area (TPSA) is 7.12 Å². The summed E-state index contributed by atoms with van der Waals surface area (Å²) in [5.41, 5.74) is 2.60. The number of anilines is 1. The Bertz CT molecular complexity index is 953. The number of hydrogen-bond donors (Lipinski definition) is 0. The van der Waals surface area contributed by atoms with E-state index in [9.17, 15) is 0 Å². The molecule has 0 radical (unpaired) electrons. The lowest BCUT2D eigenvalue weighted by molar-refractivity contribution is -0.658. The average molecular weight is 321 g/mol. The molecule has 2 nitrogen and oxygen atoms in total. The van der Waals surface area contributed by atoms with E-state index in [2.05, 4.69) is 76.3 Å². The summed E-state index contributed by atoms with van der Waals surface area (Å²) in [5, 5.41) is 2.59. The molecule has 3 heterocycles. The molecule has 4 heteroatoms. The fourth-order valence-corrected chi connectivity index (χ4v) is 5.24. The highest BCUT2D eigenvalue weighted by atomic mass is 32.2. The Hall–Kier alpha value is -2.04. The molecule has 3 aromatic rings. The van der Waals surface area contributed by atoms with E-state index in [4.69, 9.17) is 0 Å². The molecule has 0 N–H and O–H groups in total. The van der Waals surface area contributed by atoms with Gasteiger partial charge in [-0.25, -0.2) is 0 Å². The Morgan fingerprint density at radius 1 is 1.00 bits per heavy atom. The van der Waals surface area contributed by atoms with Crippen LogP contribution < -0.4 is 9.47 Å². The molecule has 2 aliphatic rings. The number of para-hydroxylation sites is 2. The van der Waals surface area contributed by atoms with Gasteiger partial charge in [0.25, 0.3) is 5.01 Å². The molecule has 0 unspecified atom stereocenters. The van der Waals surface area contributed by atoms with Gasteiger partial charge in [-0.1, -0.05) is 47.4 Å². The quantitative estimate of drug-likeness (QED) is 0.557. The Balaban J connectivity index is 1.73. The third-order valence-corrected chi connectivity index (χ3v) is 6.20. The van der Waals surface area contributed by atoms with Crippen molar-refractivity contribution in [2.24, 2.45) is 0 Å². The van der Waals surface area contributed by atoms with Crippen molar-refractivity contribution in [1.29, 1.82) is 0 Å². The Kier molecular flexibility index (Phi) is 2.69. The van der Waals surface area contributed by atoms with Gasteiger partial charge in [-0.15, -0.1) is 0 Å². The molecule has 106 valence electrons. The van der Waals surface area contributed by atoms with Gasteiger partial charge in [-0.2, -0.15) is 4.57 Å². The van der Waals surface area contributed by atoms with Crippen molar-refractivity contribution in [2.45, 2.75) is 11.4 Å². The first-order chi connectivity index (χ1) is 10.9. The Labute approximate surface area is 137 Å². The number of nitrogens with zero attached hydrogens (tertiary/aromatic N) is 2. The first-order valence-corrected chi connectivity index (χ1v) is 8.89. The van der Waals surface area contributed by atoms with Crippen LogP contribution in [0.5, 0.6) is 0 Å². The van der Waals surface area contributed by atoms with Crippen molar-refractivity contribution in [3.63, 3.8) is 0 Å². The van der Waals surface area contributed by atoms with Gasteiger partial charge in [-0.3, -0.25) is 0 Å². The second-order valence-corrected chi connectivity index (χ2v) is 7.45. The normalized spacial score (nSPS) is 19.6. The van der Waals surface area contributed by atoms with Crippen LogP contribution in [0.25, 0.3) is 16.3 Å². The number of aromatic nitrogens is 1. The first kappa shape index (κ1) is 12.5. The number of thiazole rings is 1. The summed E-state index contributed by atoms with van der Waals surface area (Å²) in [6, 6.07) is 17.2. The molecule has 0 fully saturated rings. The molecule has 2 aromatic carbocycles. The smallest absolute Gasteiger partial charge is 0.265 e. The van der Waals surface area contributed by atoms with E-state index in [1.165, 1.54) is 30.8 Å². The van der Waals surface area contributed by atoms with E-state index >= 15 is 0 Å². The summed E-state index contributed by atoms with van der Waals surface area (Å²) in [7, 11) is 0. The van der Waals surface area contributed by atoms with Crippen LogP contribution in [0, 0.1) is 0 Å². The van der Waals surface area contributed by atoms with Crippen molar-refractivity contribution in [3.8, 4) is 0 Å². The summed E-state index contributed by atoms with van der Waals surface area (Å²) >= 11 is 3.71. The van der Waals surface area contributed by atoms with Crippen LogP contribution in [0.4, 0.5) is 5.69 Å². The minimum Gasteiger partial charge on any atom is -0.310 e. The van der Waals surface area contributed by atoms with Crippen molar-refractivity contribution < 1.29 is 4.57 Å².